The molecule has 0 saturated heterocycles. The summed E-state index contributed by atoms with van der Waals surface area (Å²) in [6.07, 6.45) is 2.70. The summed E-state index contributed by atoms with van der Waals surface area (Å²) in [5.74, 6) is 0.413. The molecule has 96 valence electrons. The van der Waals surface area contributed by atoms with Crippen LogP contribution in [0.15, 0.2) is 36.5 Å². The van der Waals surface area contributed by atoms with Crippen LogP contribution in [-0.4, -0.2) is 9.97 Å². The zero-order valence-electron chi connectivity index (χ0n) is 10.8. The van der Waals surface area contributed by atoms with E-state index >= 15 is 0 Å². The van der Waals surface area contributed by atoms with Crippen LogP contribution in [0.1, 0.15) is 16.8 Å². The Morgan fingerprint density at radius 2 is 2.00 bits per heavy atom. The van der Waals surface area contributed by atoms with Crippen molar-refractivity contribution in [2.75, 3.05) is 11.5 Å². The number of H-pyrrole nitrogens is 1. The first kappa shape index (κ1) is 11.6. The Hall–Kier alpha value is -2.49. The lowest BCUT2D eigenvalue weighted by Gasteiger charge is -2.09. The highest BCUT2D eigenvalue weighted by molar-refractivity contribution is 5.80. The molecule has 0 aliphatic heterocycles. The number of fused-ring (bicyclic) bond motifs is 1. The minimum atomic E-state index is 0.413. The maximum atomic E-state index is 6.00. The lowest BCUT2D eigenvalue weighted by atomic mass is 10.0. The smallest absolute Gasteiger partial charge is 0.147 e. The van der Waals surface area contributed by atoms with Crippen molar-refractivity contribution >= 4 is 22.4 Å². The fourth-order valence-electron chi connectivity index (χ4n) is 2.35. The maximum Gasteiger partial charge on any atom is 0.147 e. The SMILES string of the molecule is Cc1cc(Cc2ccc3cc[nH]c3c2)c(N)c(N)n1. The van der Waals surface area contributed by atoms with Gasteiger partial charge < -0.3 is 16.5 Å². The molecule has 0 bridgehead atoms. The van der Waals surface area contributed by atoms with Crippen molar-refractivity contribution in [3.63, 3.8) is 0 Å². The number of pyridine rings is 1. The van der Waals surface area contributed by atoms with E-state index in [1.807, 2.05) is 19.2 Å². The van der Waals surface area contributed by atoms with E-state index in [0.717, 1.165) is 23.2 Å². The van der Waals surface area contributed by atoms with Gasteiger partial charge in [0.15, 0.2) is 0 Å². The number of aromatic amines is 1. The van der Waals surface area contributed by atoms with Gasteiger partial charge in [-0.3, -0.25) is 0 Å². The van der Waals surface area contributed by atoms with Crippen LogP contribution in [0.4, 0.5) is 11.5 Å². The van der Waals surface area contributed by atoms with Gasteiger partial charge in [0, 0.05) is 17.4 Å². The molecule has 2 aromatic heterocycles. The number of aromatic nitrogens is 2. The van der Waals surface area contributed by atoms with Gasteiger partial charge in [0.05, 0.1) is 5.69 Å². The predicted octanol–water partition coefficient (Wildman–Crippen LogP) is 2.63. The number of nitrogen functional groups attached to an aromatic ring is 2. The number of rotatable bonds is 2. The highest BCUT2D eigenvalue weighted by Gasteiger charge is 2.07. The van der Waals surface area contributed by atoms with Crippen molar-refractivity contribution < 1.29 is 0 Å². The molecule has 5 N–H and O–H groups in total. The Bertz CT molecular complexity index is 743. The molecule has 3 rings (SSSR count). The molecule has 4 heteroatoms. The number of benzene rings is 1. The van der Waals surface area contributed by atoms with E-state index in [-0.39, 0.29) is 0 Å². The molecule has 0 aliphatic rings. The van der Waals surface area contributed by atoms with Crippen LogP contribution in [-0.2, 0) is 6.42 Å². The topological polar surface area (TPSA) is 80.7 Å². The van der Waals surface area contributed by atoms with Crippen molar-refractivity contribution in [3.05, 3.63) is 53.3 Å². The van der Waals surface area contributed by atoms with Gasteiger partial charge in [-0.1, -0.05) is 12.1 Å². The summed E-state index contributed by atoms with van der Waals surface area (Å²) < 4.78 is 0. The molecule has 0 fully saturated rings. The zero-order chi connectivity index (χ0) is 13.4. The molecule has 0 aliphatic carbocycles. The van der Waals surface area contributed by atoms with Gasteiger partial charge in [-0.15, -0.1) is 0 Å². The van der Waals surface area contributed by atoms with Crippen molar-refractivity contribution in [2.24, 2.45) is 0 Å². The summed E-state index contributed by atoms with van der Waals surface area (Å²) in [6.45, 7) is 1.92. The fourth-order valence-corrected chi connectivity index (χ4v) is 2.35. The largest absolute Gasteiger partial charge is 0.396 e. The van der Waals surface area contributed by atoms with Crippen LogP contribution in [0.3, 0.4) is 0 Å². The molecule has 0 radical (unpaired) electrons. The van der Waals surface area contributed by atoms with Crippen LogP contribution in [0.2, 0.25) is 0 Å². The molecule has 0 atom stereocenters. The Kier molecular flexibility index (Phi) is 2.63. The molecule has 3 aromatic rings. The summed E-state index contributed by atoms with van der Waals surface area (Å²) in [5.41, 5.74) is 16.6. The third kappa shape index (κ3) is 2.12. The maximum absolute atomic E-state index is 6.00. The van der Waals surface area contributed by atoms with E-state index in [2.05, 4.69) is 34.2 Å². The summed E-state index contributed by atoms with van der Waals surface area (Å²) >= 11 is 0. The Labute approximate surface area is 111 Å². The lowest BCUT2D eigenvalue weighted by Crippen LogP contribution is -2.04. The standard InChI is InChI=1S/C15H16N4/c1-9-6-12(14(16)15(17)19-9)7-10-2-3-11-4-5-18-13(11)8-10/h2-6,8,18H,7,16H2,1H3,(H2,17,19). The normalized spacial score (nSPS) is 11.0. The molecule has 19 heavy (non-hydrogen) atoms. The van der Waals surface area contributed by atoms with E-state index in [9.17, 15) is 0 Å². The molecule has 4 nitrogen and oxygen atoms in total. The van der Waals surface area contributed by atoms with Crippen molar-refractivity contribution in [3.8, 4) is 0 Å². The van der Waals surface area contributed by atoms with Crippen LogP contribution >= 0.6 is 0 Å². The van der Waals surface area contributed by atoms with Crippen LogP contribution in [0, 0.1) is 6.92 Å². The van der Waals surface area contributed by atoms with E-state index in [1.54, 1.807) is 0 Å². The first-order chi connectivity index (χ1) is 9.13. The van der Waals surface area contributed by atoms with E-state index in [4.69, 9.17) is 11.5 Å². The quantitative estimate of drug-likeness (QED) is 0.655. The molecule has 0 amide bonds. The van der Waals surface area contributed by atoms with Gasteiger partial charge >= 0.3 is 0 Å². The van der Waals surface area contributed by atoms with Crippen molar-refractivity contribution in [2.45, 2.75) is 13.3 Å². The Morgan fingerprint density at radius 1 is 1.16 bits per heavy atom. The van der Waals surface area contributed by atoms with Crippen molar-refractivity contribution in [1.82, 2.24) is 9.97 Å². The van der Waals surface area contributed by atoms with Gasteiger partial charge in [0.2, 0.25) is 0 Å². The highest BCUT2D eigenvalue weighted by atomic mass is 14.9. The Balaban J connectivity index is 2.00. The lowest BCUT2D eigenvalue weighted by molar-refractivity contribution is 1.13. The van der Waals surface area contributed by atoms with Gasteiger partial charge in [-0.05, 0) is 48.1 Å². The number of hydrogen-bond acceptors (Lipinski definition) is 3. The first-order valence-electron chi connectivity index (χ1n) is 6.21. The first-order valence-corrected chi connectivity index (χ1v) is 6.21. The van der Waals surface area contributed by atoms with Gasteiger partial charge in [0.1, 0.15) is 5.82 Å². The third-order valence-electron chi connectivity index (χ3n) is 3.32. The number of nitrogens with one attached hydrogen (secondary N) is 1. The molecule has 0 unspecified atom stereocenters. The van der Waals surface area contributed by atoms with Crippen LogP contribution in [0.25, 0.3) is 10.9 Å². The number of nitrogens with two attached hydrogens (primary N) is 2. The molecular formula is C15H16N4. The van der Waals surface area contributed by atoms with Gasteiger partial charge in [-0.25, -0.2) is 4.98 Å². The average Bonchev–Trinajstić information content (AvgIpc) is 2.82. The number of anilines is 2. The minimum absolute atomic E-state index is 0.413. The number of nitrogens with zero attached hydrogens (tertiary/aromatic N) is 1. The second-order valence-corrected chi connectivity index (χ2v) is 4.80. The second-order valence-electron chi connectivity index (χ2n) is 4.80. The molecule has 2 heterocycles. The Morgan fingerprint density at radius 3 is 2.84 bits per heavy atom. The predicted molar refractivity (Wildman–Crippen MR) is 78.9 cm³/mol. The van der Waals surface area contributed by atoms with Crippen LogP contribution < -0.4 is 11.5 Å². The number of hydrogen-bond donors (Lipinski definition) is 3. The van der Waals surface area contributed by atoms with Gasteiger partial charge in [-0.2, -0.15) is 0 Å². The fraction of sp³-hybridized carbons (Fsp3) is 0.133. The second kappa shape index (κ2) is 4.31. The van der Waals surface area contributed by atoms with E-state index in [1.165, 1.54) is 10.9 Å². The third-order valence-corrected chi connectivity index (χ3v) is 3.32. The number of aryl methyl sites for hydroxylation is 1. The van der Waals surface area contributed by atoms with E-state index in [0.29, 0.717) is 11.5 Å². The molecule has 0 saturated carbocycles. The zero-order valence-corrected chi connectivity index (χ0v) is 10.8. The summed E-state index contributed by atoms with van der Waals surface area (Å²) in [6, 6.07) is 10.4. The summed E-state index contributed by atoms with van der Waals surface area (Å²) in [4.78, 5) is 7.38. The molecule has 0 spiro atoms. The van der Waals surface area contributed by atoms with Gasteiger partial charge in [0.25, 0.3) is 0 Å². The van der Waals surface area contributed by atoms with Crippen molar-refractivity contribution in [1.29, 1.82) is 0 Å². The average molecular weight is 252 g/mol. The van der Waals surface area contributed by atoms with Crippen LogP contribution in [0.5, 0.6) is 0 Å². The summed E-state index contributed by atoms with van der Waals surface area (Å²) in [7, 11) is 0. The monoisotopic (exact) mass is 252 g/mol. The molecule has 1 aromatic carbocycles. The summed E-state index contributed by atoms with van der Waals surface area (Å²) in [5, 5.41) is 1.21. The highest BCUT2D eigenvalue weighted by Crippen LogP contribution is 2.23. The minimum Gasteiger partial charge on any atom is -0.396 e. The van der Waals surface area contributed by atoms with E-state index < -0.39 is 0 Å². The molecular weight excluding hydrogens is 236 g/mol.